The number of amides is 1. The largest absolute Gasteiger partial charge is 0.300 e. The lowest BCUT2D eigenvalue weighted by atomic mass is 9.87. The van der Waals surface area contributed by atoms with Gasteiger partial charge in [-0.15, -0.1) is 0 Å². The maximum absolute atomic E-state index is 12.5. The molecule has 1 fully saturated rings. The minimum atomic E-state index is -0.729. The van der Waals surface area contributed by atoms with E-state index < -0.39 is 10.5 Å². The minimum Gasteiger partial charge on any atom is -0.300 e. The summed E-state index contributed by atoms with van der Waals surface area (Å²) in [7, 11) is 0. The van der Waals surface area contributed by atoms with Crippen LogP contribution in [0.2, 0.25) is 0 Å². The quantitative estimate of drug-likeness (QED) is 0.634. The van der Waals surface area contributed by atoms with Gasteiger partial charge in [-0.25, -0.2) is 0 Å². The van der Waals surface area contributed by atoms with E-state index in [9.17, 15) is 14.9 Å². The first-order valence-electron chi connectivity index (χ1n) is 7.51. The summed E-state index contributed by atoms with van der Waals surface area (Å²) >= 11 is 0. The lowest BCUT2D eigenvalue weighted by Gasteiger charge is -2.36. The standard InChI is InChI=1S/C16H19N3O3/c1-11-17-16(2,9-15(20)18(11)10-12-6-7-12)13-4-3-5-14(8-13)19(21)22/h3-5,8,12H,6-7,9-10H2,1-2H3/t16-/m0/s1. The van der Waals surface area contributed by atoms with E-state index >= 15 is 0 Å². The summed E-state index contributed by atoms with van der Waals surface area (Å²) in [6.07, 6.45) is 2.61. The third kappa shape index (κ3) is 2.73. The number of hydrogen-bond acceptors (Lipinski definition) is 4. The first-order valence-corrected chi connectivity index (χ1v) is 7.51. The second kappa shape index (κ2) is 5.19. The number of hydrogen-bond donors (Lipinski definition) is 0. The van der Waals surface area contributed by atoms with Gasteiger partial charge in [0.25, 0.3) is 5.69 Å². The zero-order valence-corrected chi connectivity index (χ0v) is 12.8. The number of benzene rings is 1. The molecule has 6 heteroatoms. The molecule has 1 aromatic rings. The molecule has 1 atom stereocenters. The Labute approximate surface area is 129 Å². The second-order valence-electron chi connectivity index (χ2n) is 6.36. The van der Waals surface area contributed by atoms with Gasteiger partial charge in [-0.05, 0) is 38.2 Å². The molecule has 1 amide bonds. The van der Waals surface area contributed by atoms with Crippen molar-refractivity contribution in [3.05, 3.63) is 39.9 Å². The maximum atomic E-state index is 12.5. The summed E-state index contributed by atoms with van der Waals surface area (Å²) in [6.45, 7) is 4.45. The normalized spacial score (nSPS) is 25.1. The van der Waals surface area contributed by atoms with Crippen LogP contribution in [0, 0.1) is 16.0 Å². The van der Waals surface area contributed by atoms with Gasteiger partial charge in [-0.3, -0.25) is 19.9 Å². The number of nitro benzene ring substituents is 1. The molecule has 3 rings (SSSR count). The van der Waals surface area contributed by atoms with E-state index in [4.69, 9.17) is 4.99 Å². The molecule has 116 valence electrons. The van der Waals surface area contributed by atoms with Crippen LogP contribution in [0.1, 0.15) is 38.7 Å². The first-order chi connectivity index (χ1) is 10.4. The summed E-state index contributed by atoms with van der Waals surface area (Å²) in [5.74, 6) is 1.36. The molecule has 0 radical (unpaired) electrons. The fourth-order valence-electron chi connectivity index (χ4n) is 2.94. The van der Waals surface area contributed by atoms with Gasteiger partial charge in [-0.2, -0.15) is 0 Å². The highest BCUT2D eigenvalue weighted by atomic mass is 16.6. The van der Waals surface area contributed by atoms with Crippen molar-refractivity contribution in [2.24, 2.45) is 10.9 Å². The molecule has 1 aliphatic carbocycles. The van der Waals surface area contributed by atoms with Gasteiger partial charge >= 0.3 is 0 Å². The molecule has 6 nitrogen and oxygen atoms in total. The van der Waals surface area contributed by atoms with Crippen LogP contribution in [-0.2, 0) is 10.3 Å². The Morgan fingerprint density at radius 3 is 2.77 bits per heavy atom. The molecule has 0 N–H and O–H groups in total. The van der Waals surface area contributed by atoms with Crippen LogP contribution in [0.5, 0.6) is 0 Å². The lowest BCUT2D eigenvalue weighted by molar-refractivity contribution is -0.385. The Kier molecular flexibility index (Phi) is 3.47. The number of rotatable bonds is 4. The Bertz CT molecular complexity index is 666. The summed E-state index contributed by atoms with van der Waals surface area (Å²) in [5, 5.41) is 10.9. The van der Waals surface area contributed by atoms with Gasteiger partial charge in [-0.1, -0.05) is 12.1 Å². The van der Waals surface area contributed by atoms with Crippen LogP contribution in [0.4, 0.5) is 5.69 Å². The molecular formula is C16H19N3O3. The number of nitrogens with zero attached hydrogens (tertiary/aromatic N) is 3. The van der Waals surface area contributed by atoms with Crippen LogP contribution >= 0.6 is 0 Å². The van der Waals surface area contributed by atoms with E-state index in [1.165, 1.54) is 25.0 Å². The number of nitro groups is 1. The molecule has 2 aliphatic rings. The number of aliphatic imine (C=N–C) groups is 1. The molecule has 0 spiro atoms. The van der Waals surface area contributed by atoms with Gasteiger partial charge < -0.3 is 4.90 Å². The summed E-state index contributed by atoms with van der Waals surface area (Å²) in [4.78, 5) is 29.5. The van der Waals surface area contributed by atoms with E-state index in [0.29, 0.717) is 17.3 Å². The topological polar surface area (TPSA) is 75.8 Å². The van der Waals surface area contributed by atoms with E-state index in [1.54, 1.807) is 17.0 Å². The van der Waals surface area contributed by atoms with Crippen LogP contribution in [0.25, 0.3) is 0 Å². The molecule has 22 heavy (non-hydrogen) atoms. The van der Waals surface area contributed by atoms with Gasteiger partial charge in [0.2, 0.25) is 5.91 Å². The predicted octanol–water partition coefficient (Wildman–Crippen LogP) is 2.87. The van der Waals surface area contributed by atoms with Crippen LogP contribution in [0.15, 0.2) is 29.3 Å². The Morgan fingerprint density at radius 1 is 1.45 bits per heavy atom. The Hall–Kier alpha value is -2.24. The third-order valence-corrected chi connectivity index (χ3v) is 4.41. The number of carbonyl (C=O) groups excluding carboxylic acids is 1. The molecule has 0 saturated heterocycles. The molecule has 0 unspecified atom stereocenters. The molecule has 1 aromatic carbocycles. The van der Waals surface area contributed by atoms with Crippen molar-refractivity contribution in [3.63, 3.8) is 0 Å². The van der Waals surface area contributed by atoms with Crippen molar-refractivity contribution in [2.75, 3.05) is 6.54 Å². The monoisotopic (exact) mass is 301 g/mol. The highest BCUT2D eigenvalue weighted by Crippen LogP contribution is 2.37. The zero-order chi connectivity index (χ0) is 15.9. The maximum Gasteiger partial charge on any atom is 0.269 e. The Balaban J connectivity index is 1.92. The van der Waals surface area contributed by atoms with E-state index in [-0.39, 0.29) is 18.0 Å². The first kappa shape index (κ1) is 14.7. The van der Waals surface area contributed by atoms with Gasteiger partial charge in [0, 0.05) is 18.7 Å². The number of carbonyl (C=O) groups is 1. The fourth-order valence-corrected chi connectivity index (χ4v) is 2.94. The second-order valence-corrected chi connectivity index (χ2v) is 6.36. The molecule has 0 aromatic heterocycles. The summed E-state index contributed by atoms with van der Waals surface area (Å²) in [5.41, 5.74) is 0.00710. The fraction of sp³-hybridized carbons (Fsp3) is 0.500. The SMILES string of the molecule is CC1=N[C@](C)(c2cccc([N+](=O)[O-])c2)CC(=O)N1CC1CC1. The zero-order valence-electron chi connectivity index (χ0n) is 12.8. The van der Waals surface area contributed by atoms with Gasteiger partial charge in [0.15, 0.2) is 0 Å². The van der Waals surface area contributed by atoms with Crippen molar-refractivity contribution in [1.82, 2.24) is 4.90 Å². The molecule has 1 aliphatic heterocycles. The summed E-state index contributed by atoms with van der Waals surface area (Å²) < 4.78 is 0. The molecular weight excluding hydrogens is 282 g/mol. The highest BCUT2D eigenvalue weighted by molar-refractivity contribution is 5.99. The molecule has 1 heterocycles. The average molecular weight is 301 g/mol. The Morgan fingerprint density at radius 2 is 2.18 bits per heavy atom. The molecule has 0 bridgehead atoms. The predicted molar refractivity (Wildman–Crippen MR) is 82.6 cm³/mol. The van der Waals surface area contributed by atoms with E-state index in [1.807, 2.05) is 13.8 Å². The van der Waals surface area contributed by atoms with E-state index in [2.05, 4.69) is 0 Å². The van der Waals surface area contributed by atoms with Gasteiger partial charge in [0.1, 0.15) is 5.84 Å². The highest BCUT2D eigenvalue weighted by Gasteiger charge is 2.39. The van der Waals surface area contributed by atoms with Gasteiger partial charge in [0.05, 0.1) is 16.9 Å². The minimum absolute atomic E-state index is 0.0273. The van der Waals surface area contributed by atoms with Crippen molar-refractivity contribution in [1.29, 1.82) is 0 Å². The lowest BCUT2D eigenvalue weighted by Crippen LogP contribution is -2.45. The average Bonchev–Trinajstić information content (AvgIpc) is 3.27. The molecule has 1 saturated carbocycles. The summed E-state index contributed by atoms with van der Waals surface area (Å²) in [6, 6.07) is 6.41. The van der Waals surface area contributed by atoms with E-state index in [0.717, 1.165) is 6.54 Å². The smallest absolute Gasteiger partial charge is 0.269 e. The van der Waals surface area contributed by atoms with Crippen molar-refractivity contribution >= 4 is 17.4 Å². The number of amidine groups is 1. The number of non-ortho nitro benzene ring substituents is 1. The third-order valence-electron chi connectivity index (χ3n) is 4.41. The van der Waals surface area contributed by atoms with Crippen LogP contribution in [-0.4, -0.2) is 28.1 Å². The van der Waals surface area contributed by atoms with Crippen molar-refractivity contribution < 1.29 is 9.72 Å². The van der Waals surface area contributed by atoms with Crippen molar-refractivity contribution in [2.45, 2.75) is 38.6 Å². The van der Waals surface area contributed by atoms with Crippen LogP contribution in [0.3, 0.4) is 0 Å². The van der Waals surface area contributed by atoms with Crippen molar-refractivity contribution in [3.8, 4) is 0 Å². The van der Waals surface area contributed by atoms with Crippen LogP contribution < -0.4 is 0 Å².